The van der Waals surface area contributed by atoms with Crippen LogP contribution in [0.3, 0.4) is 0 Å². The normalized spacial score (nSPS) is 18.2. The van der Waals surface area contributed by atoms with Crippen LogP contribution in [0.25, 0.3) is 0 Å². The lowest BCUT2D eigenvalue weighted by Crippen LogP contribution is -2.49. The highest BCUT2D eigenvalue weighted by atomic mass is 35.5. The second-order valence-corrected chi connectivity index (χ2v) is 8.45. The van der Waals surface area contributed by atoms with Crippen LogP contribution in [-0.2, 0) is 10.0 Å². The Morgan fingerprint density at radius 1 is 1.04 bits per heavy atom. The monoisotopic (exact) mass is 382 g/mol. The molecule has 0 N–H and O–H groups in total. The summed E-state index contributed by atoms with van der Waals surface area (Å²) in [5.74, 6) is -0.623. The molecule has 1 aliphatic rings. The molecule has 0 saturated carbocycles. The summed E-state index contributed by atoms with van der Waals surface area (Å²) in [5.41, 5.74) is 1.21. The van der Waals surface area contributed by atoms with Crippen LogP contribution >= 0.6 is 11.6 Å². The molecule has 2 aromatic rings. The number of hydrogen-bond donors (Lipinski definition) is 0. The van der Waals surface area contributed by atoms with E-state index in [1.54, 1.807) is 0 Å². The highest BCUT2D eigenvalue weighted by Gasteiger charge is 2.30. The summed E-state index contributed by atoms with van der Waals surface area (Å²) in [7, 11) is -3.66. The minimum Gasteiger partial charge on any atom is -0.294 e. The van der Waals surface area contributed by atoms with E-state index in [0.29, 0.717) is 26.2 Å². The van der Waals surface area contributed by atoms with Crippen molar-refractivity contribution < 1.29 is 12.8 Å². The fourth-order valence-electron chi connectivity index (χ4n) is 3.06. The molecule has 0 radical (unpaired) electrons. The summed E-state index contributed by atoms with van der Waals surface area (Å²) >= 11 is 5.73. The van der Waals surface area contributed by atoms with Crippen LogP contribution in [0.1, 0.15) is 18.5 Å². The molecule has 0 unspecified atom stereocenters. The van der Waals surface area contributed by atoms with Crippen LogP contribution in [-0.4, -0.2) is 43.8 Å². The highest BCUT2D eigenvalue weighted by Crippen LogP contribution is 2.26. The number of rotatable bonds is 4. The summed E-state index contributed by atoms with van der Waals surface area (Å²) in [6, 6.07) is 13.9. The lowest BCUT2D eigenvalue weighted by atomic mass is 10.1. The minimum absolute atomic E-state index is 0.0310. The zero-order valence-corrected chi connectivity index (χ0v) is 15.5. The van der Waals surface area contributed by atoms with Crippen LogP contribution in [0.15, 0.2) is 53.4 Å². The molecule has 0 bridgehead atoms. The van der Waals surface area contributed by atoms with Crippen LogP contribution in [0, 0.1) is 5.82 Å². The van der Waals surface area contributed by atoms with Crippen LogP contribution in [0.2, 0.25) is 5.02 Å². The predicted molar refractivity (Wildman–Crippen MR) is 96.6 cm³/mol. The summed E-state index contributed by atoms with van der Waals surface area (Å²) in [6.45, 7) is 4.21. The van der Waals surface area contributed by atoms with E-state index in [1.807, 2.05) is 18.2 Å². The van der Waals surface area contributed by atoms with Crippen molar-refractivity contribution >= 4 is 21.6 Å². The molecule has 1 fully saturated rings. The van der Waals surface area contributed by atoms with Gasteiger partial charge in [-0.1, -0.05) is 41.9 Å². The molecular formula is C18H20ClFN2O2S. The van der Waals surface area contributed by atoms with Gasteiger partial charge >= 0.3 is 0 Å². The van der Waals surface area contributed by atoms with E-state index >= 15 is 0 Å². The van der Waals surface area contributed by atoms with E-state index in [9.17, 15) is 12.8 Å². The Bertz CT molecular complexity index is 837. The van der Waals surface area contributed by atoms with Gasteiger partial charge in [0.2, 0.25) is 10.0 Å². The van der Waals surface area contributed by atoms with Crippen LogP contribution in [0.4, 0.5) is 4.39 Å². The van der Waals surface area contributed by atoms with Gasteiger partial charge in [0.15, 0.2) is 0 Å². The lowest BCUT2D eigenvalue weighted by Gasteiger charge is -2.37. The average Bonchev–Trinajstić information content (AvgIpc) is 2.64. The van der Waals surface area contributed by atoms with E-state index in [-0.39, 0.29) is 16.0 Å². The number of halogens is 2. The molecule has 1 atom stereocenters. The van der Waals surface area contributed by atoms with Gasteiger partial charge in [0.05, 0.1) is 9.92 Å². The van der Waals surface area contributed by atoms with E-state index in [0.717, 1.165) is 6.07 Å². The highest BCUT2D eigenvalue weighted by molar-refractivity contribution is 7.89. The first-order valence-electron chi connectivity index (χ1n) is 8.14. The second-order valence-electron chi connectivity index (χ2n) is 6.10. The molecule has 1 aliphatic heterocycles. The van der Waals surface area contributed by atoms with Gasteiger partial charge in [-0.15, -0.1) is 0 Å². The fraction of sp³-hybridized carbons (Fsp3) is 0.333. The van der Waals surface area contributed by atoms with E-state index in [1.165, 1.54) is 22.0 Å². The standard InChI is InChI=1S/C18H20ClFN2O2S/c1-14(15-5-3-2-4-6-15)21-9-11-22(12-10-21)25(23,24)16-7-8-18(20)17(19)13-16/h2-8,13-14H,9-12H2,1H3/t14-/m0/s1. The quantitative estimate of drug-likeness (QED) is 0.812. The van der Waals surface area contributed by atoms with Crippen molar-refractivity contribution in [3.05, 3.63) is 64.9 Å². The van der Waals surface area contributed by atoms with Gasteiger partial charge in [-0.25, -0.2) is 12.8 Å². The Hall–Kier alpha value is -1.47. The van der Waals surface area contributed by atoms with Gasteiger partial charge in [-0.2, -0.15) is 4.31 Å². The Kier molecular flexibility index (Phi) is 5.43. The average molecular weight is 383 g/mol. The fourth-order valence-corrected chi connectivity index (χ4v) is 4.75. The molecule has 0 aliphatic carbocycles. The first kappa shape index (κ1) is 18.3. The van der Waals surface area contributed by atoms with E-state index < -0.39 is 15.8 Å². The van der Waals surface area contributed by atoms with Gasteiger partial charge in [0, 0.05) is 32.2 Å². The Morgan fingerprint density at radius 2 is 1.68 bits per heavy atom. The Balaban J connectivity index is 1.70. The van der Waals surface area contributed by atoms with Crippen molar-refractivity contribution in [3.63, 3.8) is 0 Å². The number of piperazine rings is 1. The summed E-state index contributed by atoms with van der Waals surface area (Å²) < 4.78 is 40.2. The summed E-state index contributed by atoms with van der Waals surface area (Å²) in [5, 5.41) is -0.183. The summed E-state index contributed by atoms with van der Waals surface area (Å²) in [6.07, 6.45) is 0. The van der Waals surface area contributed by atoms with Crippen LogP contribution in [0.5, 0.6) is 0 Å². The predicted octanol–water partition coefficient (Wildman–Crippen LogP) is 3.55. The largest absolute Gasteiger partial charge is 0.294 e. The van der Waals surface area contributed by atoms with Gasteiger partial charge in [0.25, 0.3) is 0 Å². The van der Waals surface area contributed by atoms with Crippen molar-refractivity contribution in [1.29, 1.82) is 0 Å². The first-order valence-corrected chi connectivity index (χ1v) is 9.95. The molecule has 0 amide bonds. The van der Waals surface area contributed by atoms with Gasteiger partial charge in [-0.3, -0.25) is 4.90 Å². The smallest absolute Gasteiger partial charge is 0.243 e. The molecule has 0 spiro atoms. The van der Waals surface area contributed by atoms with Crippen molar-refractivity contribution in [2.75, 3.05) is 26.2 Å². The van der Waals surface area contributed by atoms with Crippen molar-refractivity contribution in [1.82, 2.24) is 9.21 Å². The van der Waals surface area contributed by atoms with E-state index in [4.69, 9.17) is 11.6 Å². The molecule has 3 rings (SSSR count). The van der Waals surface area contributed by atoms with Crippen molar-refractivity contribution in [2.24, 2.45) is 0 Å². The minimum atomic E-state index is -3.66. The molecule has 1 heterocycles. The van der Waals surface area contributed by atoms with Gasteiger partial charge in [-0.05, 0) is 30.7 Å². The molecule has 25 heavy (non-hydrogen) atoms. The first-order chi connectivity index (χ1) is 11.9. The number of nitrogens with zero attached hydrogens (tertiary/aromatic N) is 2. The maximum Gasteiger partial charge on any atom is 0.243 e. The third kappa shape index (κ3) is 3.87. The molecular weight excluding hydrogens is 363 g/mol. The zero-order chi connectivity index (χ0) is 18.0. The zero-order valence-electron chi connectivity index (χ0n) is 13.9. The van der Waals surface area contributed by atoms with E-state index in [2.05, 4.69) is 24.0 Å². The van der Waals surface area contributed by atoms with Crippen LogP contribution < -0.4 is 0 Å². The maximum atomic E-state index is 13.3. The van der Waals surface area contributed by atoms with Gasteiger partial charge in [0.1, 0.15) is 5.82 Å². The topological polar surface area (TPSA) is 40.6 Å². The molecule has 0 aromatic heterocycles. The maximum absolute atomic E-state index is 13.3. The lowest BCUT2D eigenvalue weighted by molar-refractivity contribution is 0.146. The second kappa shape index (κ2) is 7.41. The SMILES string of the molecule is C[C@@H](c1ccccc1)N1CCN(S(=O)(=O)c2ccc(F)c(Cl)c2)CC1. The molecule has 7 heteroatoms. The third-order valence-electron chi connectivity index (χ3n) is 4.63. The molecule has 2 aromatic carbocycles. The Labute approximate surface area is 152 Å². The number of hydrogen-bond acceptors (Lipinski definition) is 3. The van der Waals surface area contributed by atoms with Crippen molar-refractivity contribution in [3.8, 4) is 0 Å². The molecule has 4 nitrogen and oxygen atoms in total. The Morgan fingerprint density at radius 3 is 2.28 bits per heavy atom. The number of benzene rings is 2. The van der Waals surface area contributed by atoms with Crippen molar-refractivity contribution in [2.45, 2.75) is 17.9 Å². The van der Waals surface area contributed by atoms with Gasteiger partial charge < -0.3 is 0 Å². The number of sulfonamides is 1. The molecule has 1 saturated heterocycles. The summed E-state index contributed by atoms with van der Waals surface area (Å²) in [4.78, 5) is 2.29. The molecule has 134 valence electrons. The third-order valence-corrected chi connectivity index (χ3v) is 6.82.